The monoisotopic (exact) mass is 446 g/mol. The third-order valence-corrected chi connectivity index (χ3v) is 6.39. The maximum Gasteiger partial charge on any atom is 0.267 e. The number of carbonyl (C=O) groups is 1. The molecule has 0 atom stereocenters. The third kappa shape index (κ3) is 4.57. The average molecular weight is 447 g/mol. The highest BCUT2D eigenvalue weighted by molar-refractivity contribution is 7.16. The minimum atomic E-state index is -0.179. The number of rotatable bonds is 7. The van der Waals surface area contributed by atoms with Gasteiger partial charge in [0.25, 0.3) is 5.91 Å². The molecule has 0 aliphatic carbocycles. The fourth-order valence-corrected chi connectivity index (χ4v) is 4.56. The lowest BCUT2D eigenvalue weighted by molar-refractivity contribution is 0.103. The number of aryl methyl sites for hydroxylation is 2. The van der Waals surface area contributed by atoms with Crippen LogP contribution in [0, 0.1) is 20.8 Å². The summed E-state index contributed by atoms with van der Waals surface area (Å²) in [5.74, 6) is 0.596. The first kappa shape index (κ1) is 21.8. The summed E-state index contributed by atoms with van der Waals surface area (Å²) in [6.45, 7) is 8.46. The molecule has 1 N–H and O–H groups in total. The minimum absolute atomic E-state index is 0.179. The van der Waals surface area contributed by atoms with Crippen molar-refractivity contribution >= 4 is 22.9 Å². The van der Waals surface area contributed by atoms with E-state index >= 15 is 0 Å². The summed E-state index contributed by atoms with van der Waals surface area (Å²) < 4.78 is 7.30. The molecule has 0 unspecified atom stereocenters. The molecule has 2 aromatic carbocycles. The van der Waals surface area contributed by atoms with Crippen molar-refractivity contribution in [1.82, 2.24) is 14.8 Å². The minimum Gasteiger partial charge on any atom is -0.494 e. The molecule has 0 bridgehead atoms. The lowest BCUT2D eigenvalue weighted by Crippen LogP contribution is -2.11. The van der Waals surface area contributed by atoms with E-state index in [9.17, 15) is 4.79 Å². The van der Waals surface area contributed by atoms with Gasteiger partial charge in [0.15, 0.2) is 0 Å². The Labute approximate surface area is 191 Å². The third-order valence-electron chi connectivity index (χ3n) is 5.26. The number of amides is 1. The molecule has 6 nitrogen and oxygen atoms in total. The molecule has 1 amide bonds. The fourth-order valence-electron chi connectivity index (χ4n) is 3.59. The number of hydrogen-bond donors (Lipinski definition) is 1. The molecule has 0 aliphatic heterocycles. The van der Waals surface area contributed by atoms with E-state index in [1.807, 2.05) is 67.9 Å². The number of benzene rings is 2. The van der Waals surface area contributed by atoms with E-state index in [4.69, 9.17) is 9.84 Å². The van der Waals surface area contributed by atoms with Crippen LogP contribution in [-0.4, -0.2) is 27.3 Å². The Morgan fingerprint density at radius 1 is 1.03 bits per heavy atom. The van der Waals surface area contributed by atoms with Gasteiger partial charge in [0, 0.05) is 23.4 Å². The second-order valence-corrected chi connectivity index (χ2v) is 8.52. The quantitative estimate of drug-likeness (QED) is 0.407. The number of thiazole rings is 1. The molecule has 0 saturated heterocycles. The van der Waals surface area contributed by atoms with Crippen LogP contribution >= 0.6 is 11.3 Å². The van der Waals surface area contributed by atoms with Crippen LogP contribution in [-0.2, 0) is 6.42 Å². The predicted molar refractivity (Wildman–Crippen MR) is 128 cm³/mol. The Balaban J connectivity index is 1.55. The lowest BCUT2D eigenvalue weighted by atomic mass is 10.0. The fraction of sp³-hybridized carbons (Fsp3) is 0.240. The number of nitrogens with one attached hydrogen (secondary N) is 1. The highest BCUT2D eigenvalue weighted by atomic mass is 32.1. The number of carbonyl (C=O) groups excluding carboxylic acids is 1. The van der Waals surface area contributed by atoms with Crippen molar-refractivity contribution in [3.8, 4) is 10.9 Å². The summed E-state index contributed by atoms with van der Waals surface area (Å²) in [6, 6.07) is 17.7. The van der Waals surface area contributed by atoms with E-state index in [-0.39, 0.29) is 5.91 Å². The molecule has 0 fully saturated rings. The molecule has 0 aliphatic rings. The molecular weight excluding hydrogens is 420 g/mol. The summed E-state index contributed by atoms with van der Waals surface area (Å²) in [6.07, 6.45) is 0.813. The van der Waals surface area contributed by atoms with Gasteiger partial charge in [0.2, 0.25) is 5.13 Å². The van der Waals surface area contributed by atoms with Crippen LogP contribution in [0.5, 0.6) is 5.75 Å². The summed E-state index contributed by atoms with van der Waals surface area (Å²) in [5.41, 5.74) is 5.83. The van der Waals surface area contributed by atoms with Crippen molar-refractivity contribution in [2.45, 2.75) is 34.1 Å². The van der Waals surface area contributed by atoms with Gasteiger partial charge < -0.3 is 10.1 Å². The Bertz CT molecular complexity index is 1230. The van der Waals surface area contributed by atoms with Gasteiger partial charge in [-0.3, -0.25) is 4.79 Å². The number of aromatic nitrogens is 3. The van der Waals surface area contributed by atoms with Crippen molar-refractivity contribution in [1.29, 1.82) is 0 Å². The largest absolute Gasteiger partial charge is 0.494 e. The standard InChI is InChI=1S/C25H26N4O2S/c1-5-31-21-13-11-20(12-14-21)27-24(30)23-17(3)26-25(32-23)29-18(4)22(16(2)28-29)15-19-9-7-6-8-10-19/h6-14H,5,15H2,1-4H3,(H,27,30). The first-order valence-corrected chi connectivity index (χ1v) is 11.4. The number of hydrogen-bond acceptors (Lipinski definition) is 5. The van der Waals surface area contributed by atoms with E-state index in [0.717, 1.165) is 23.6 Å². The van der Waals surface area contributed by atoms with Gasteiger partial charge in [0.05, 0.1) is 18.0 Å². The lowest BCUT2D eigenvalue weighted by Gasteiger charge is -2.06. The zero-order valence-electron chi connectivity index (χ0n) is 18.7. The van der Waals surface area contributed by atoms with Gasteiger partial charge in [-0.05, 0) is 57.5 Å². The van der Waals surface area contributed by atoms with Gasteiger partial charge in [-0.2, -0.15) is 5.10 Å². The van der Waals surface area contributed by atoms with E-state index < -0.39 is 0 Å². The molecule has 164 valence electrons. The molecule has 0 radical (unpaired) electrons. The highest BCUT2D eigenvalue weighted by Gasteiger charge is 2.20. The summed E-state index contributed by atoms with van der Waals surface area (Å²) in [4.78, 5) is 18.1. The van der Waals surface area contributed by atoms with Crippen molar-refractivity contribution in [3.05, 3.63) is 87.7 Å². The first-order valence-electron chi connectivity index (χ1n) is 10.6. The van der Waals surface area contributed by atoms with Gasteiger partial charge >= 0.3 is 0 Å². The van der Waals surface area contributed by atoms with Crippen LogP contribution < -0.4 is 10.1 Å². The molecule has 7 heteroatoms. The molecule has 32 heavy (non-hydrogen) atoms. The molecule has 0 saturated carbocycles. The SMILES string of the molecule is CCOc1ccc(NC(=O)c2sc(-n3nc(C)c(Cc4ccccc4)c3C)nc2C)cc1. The zero-order valence-corrected chi connectivity index (χ0v) is 19.5. The smallest absolute Gasteiger partial charge is 0.267 e. The van der Waals surface area contributed by atoms with E-state index in [1.165, 1.54) is 22.5 Å². The maximum absolute atomic E-state index is 12.9. The van der Waals surface area contributed by atoms with E-state index in [2.05, 4.69) is 29.4 Å². The van der Waals surface area contributed by atoms with Gasteiger partial charge in [-0.25, -0.2) is 9.67 Å². The number of anilines is 1. The van der Waals surface area contributed by atoms with Gasteiger partial charge in [-0.15, -0.1) is 0 Å². The Morgan fingerprint density at radius 2 is 1.75 bits per heavy atom. The predicted octanol–water partition coefficient (Wildman–Crippen LogP) is 5.50. The van der Waals surface area contributed by atoms with E-state index in [1.54, 1.807) is 0 Å². The maximum atomic E-state index is 12.9. The first-order chi connectivity index (χ1) is 15.5. The van der Waals surface area contributed by atoms with Crippen molar-refractivity contribution < 1.29 is 9.53 Å². The van der Waals surface area contributed by atoms with E-state index in [0.29, 0.717) is 28.0 Å². The molecule has 0 spiro atoms. The van der Waals surface area contributed by atoms with Crippen LogP contribution in [0.4, 0.5) is 5.69 Å². The molecule has 2 aromatic heterocycles. The highest BCUT2D eigenvalue weighted by Crippen LogP contribution is 2.27. The molecule has 2 heterocycles. The molecular formula is C25H26N4O2S. The van der Waals surface area contributed by atoms with Crippen LogP contribution in [0.1, 0.15) is 44.8 Å². The van der Waals surface area contributed by atoms with Crippen molar-refractivity contribution in [2.75, 3.05) is 11.9 Å². The summed E-state index contributed by atoms with van der Waals surface area (Å²) in [7, 11) is 0. The topological polar surface area (TPSA) is 69.0 Å². The van der Waals surface area contributed by atoms with Crippen LogP contribution in [0.25, 0.3) is 5.13 Å². The summed E-state index contributed by atoms with van der Waals surface area (Å²) in [5, 5.41) is 8.36. The second kappa shape index (κ2) is 9.36. The number of nitrogens with zero attached hydrogens (tertiary/aromatic N) is 3. The summed E-state index contributed by atoms with van der Waals surface area (Å²) >= 11 is 1.35. The Kier molecular flexibility index (Phi) is 6.37. The van der Waals surface area contributed by atoms with Crippen molar-refractivity contribution in [2.24, 2.45) is 0 Å². The zero-order chi connectivity index (χ0) is 22.7. The second-order valence-electron chi connectivity index (χ2n) is 7.55. The average Bonchev–Trinajstić information content (AvgIpc) is 3.31. The van der Waals surface area contributed by atoms with Crippen molar-refractivity contribution in [3.63, 3.8) is 0 Å². The molecule has 4 aromatic rings. The Hall–Kier alpha value is -3.45. The molecule has 4 rings (SSSR count). The van der Waals surface area contributed by atoms with Gasteiger partial charge in [0.1, 0.15) is 10.6 Å². The van der Waals surface area contributed by atoms with Gasteiger partial charge in [-0.1, -0.05) is 41.7 Å². The number of ether oxygens (including phenoxy) is 1. The van der Waals surface area contributed by atoms with Crippen LogP contribution in [0.2, 0.25) is 0 Å². The normalized spacial score (nSPS) is 10.9. The van der Waals surface area contributed by atoms with Crippen LogP contribution in [0.15, 0.2) is 54.6 Å². The Morgan fingerprint density at radius 3 is 2.44 bits per heavy atom. The van der Waals surface area contributed by atoms with Crippen LogP contribution in [0.3, 0.4) is 0 Å².